The highest BCUT2D eigenvalue weighted by Gasteiger charge is 2.14. The van der Waals surface area contributed by atoms with Gasteiger partial charge in [-0.05, 0) is 38.2 Å². The normalized spacial score (nSPS) is 14.8. The summed E-state index contributed by atoms with van der Waals surface area (Å²) in [6.45, 7) is 1.90. The Morgan fingerprint density at radius 1 is 1.37 bits per heavy atom. The van der Waals surface area contributed by atoms with E-state index in [-0.39, 0.29) is 18.8 Å². The number of ether oxygens (including phenoxy) is 1. The van der Waals surface area contributed by atoms with Crippen molar-refractivity contribution in [3.8, 4) is 0 Å². The zero-order valence-corrected chi connectivity index (χ0v) is 11.3. The van der Waals surface area contributed by atoms with Gasteiger partial charge in [0.15, 0.2) is 5.78 Å². The molecule has 0 atom stereocenters. The van der Waals surface area contributed by atoms with E-state index in [0.717, 1.165) is 18.4 Å². The maximum absolute atomic E-state index is 11.3. The average Bonchev–Trinajstić information content (AvgIpc) is 2.79. The van der Waals surface area contributed by atoms with E-state index in [2.05, 4.69) is 4.74 Å². The second kappa shape index (κ2) is 8.40. The number of carbonyl (C=O) groups is 3. The molecule has 19 heavy (non-hydrogen) atoms. The molecule has 0 heterocycles. The molecule has 104 valence electrons. The van der Waals surface area contributed by atoms with Crippen molar-refractivity contribution in [2.45, 2.75) is 45.4 Å². The molecule has 1 rings (SSSR count). The molecule has 4 heteroatoms. The molecular formula is C15H20O4. The molecule has 1 aliphatic rings. The predicted octanol–water partition coefficient (Wildman–Crippen LogP) is 2.52. The fourth-order valence-electron chi connectivity index (χ4n) is 1.87. The summed E-state index contributed by atoms with van der Waals surface area (Å²) in [7, 11) is 0. The van der Waals surface area contributed by atoms with Crippen molar-refractivity contribution in [3.05, 3.63) is 23.8 Å². The first-order valence-corrected chi connectivity index (χ1v) is 6.72. The quantitative estimate of drug-likeness (QED) is 0.292. The predicted molar refractivity (Wildman–Crippen MR) is 71.6 cm³/mol. The van der Waals surface area contributed by atoms with E-state index < -0.39 is 11.8 Å². The molecule has 0 saturated heterocycles. The van der Waals surface area contributed by atoms with E-state index >= 15 is 0 Å². The molecule has 0 bridgehead atoms. The number of unbranched alkanes of at least 4 members (excludes halogenated alkanes) is 1. The number of hydrogen-bond donors (Lipinski definition) is 0. The summed E-state index contributed by atoms with van der Waals surface area (Å²) in [5.41, 5.74) is 0.888. The summed E-state index contributed by atoms with van der Waals surface area (Å²) in [5, 5.41) is 0. The summed E-state index contributed by atoms with van der Waals surface area (Å²) in [5.74, 6) is -0.973. The third kappa shape index (κ3) is 5.64. The van der Waals surface area contributed by atoms with E-state index in [1.807, 2.05) is 18.2 Å². The molecule has 1 aliphatic carbocycles. The number of hydrogen-bond acceptors (Lipinski definition) is 4. The Labute approximate surface area is 113 Å². The van der Waals surface area contributed by atoms with E-state index in [9.17, 15) is 14.4 Å². The third-order valence-corrected chi connectivity index (χ3v) is 2.90. The molecule has 0 N–H and O–H groups in total. The minimum absolute atomic E-state index is 0.213. The standard InChI is InChI=1S/C15H20O4/c1-2-19-15(18)14(17)10-6-4-3-5-8-12-9-7-11-13(12)16/h3,5,9H,2,4,6-8,10-11H2,1H3/b5-3-. The van der Waals surface area contributed by atoms with Gasteiger partial charge in [0.2, 0.25) is 5.78 Å². The molecule has 0 aliphatic heterocycles. The van der Waals surface area contributed by atoms with Gasteiger partial charge in [-0.15, -0.1) is 0 Å². The molecule has 0 aromatic carbocycles. The van der Waals surface area contributed by atoms with Crippen LogP contribution < -0.4 is 0 Å². The number of carbonyl (C=O) groups excluding carboxylic acids is 3. The van der Waals surface area contributed by atoms with Crippen molar-refractivity contribution < 1.29 is 19.1 Å². The van der Waals surface area contributed by atoms with Gasteiger partial charge in [-0.2, -0.15) is 0 Å². The molecule has 0 radical (unpaired) electrons. The lowest BCUT2D eigenvalue weighted by molar-refractivity contribution is -0.153. The van der Waals surface area contributed by atoms with Crippen LogP contribution in [0.3, 0.4) is 0 Å². The molecule has 0 aromatic rings. The molecule has 0 unspecified atom stereocenters. The Kier molecular flexibility index (Phi) is 6.79. The highest BCUT2D eigenvalue weighted by molar-refractivity contribution is 6.33. The highest BCUT2D eigenvalue weighted by Crippen LogP contribution is 2.17. The molecule has 0 amide bonds. The summed E-state index contributed by atoms with van der Waals surface area (Å²) in [6, 6.07) is 0. The summed E-state index contributed by atoms with van der Waals surface area (Å²) >= 11 is 0. The van der Waals surface area contributed by atoms with Gasteiger partial charge in [-0.25, -0.2) is 4.79 Å². The Bertz CT molecular complexity index is 404. The number of allylic oxidation sites excluding steroid dienone is 4. The fraction of sp³-hybridized carbons (Fsp3) is 0.533. The first-order chi connectivity index (χ1) is 9.15. The minimum atomic E-state index is -0.742. The molecular weight excluding hydrogens is 244 g/mol. The van der Waals surface area contributed by atoms with Gasteiger partial charge in [-0.1, -0.05) is 18.2 Å². The van der Waals surface area contributed by atoms with Gasteiger partial charge < -0.3 is 4.74 Å². The van der Waals surface area contributed by atoms with Crippen LogP contribution in [0.5, 0.6) is 0 Å². The van der Waals surface area contributed by atoms with Crippen molar-refractivity contribution in [3.63, 3.8) is 0 Å². The van der Waals surface area contributed by atoms with Crippen molar-refractivity contribution in [1.82, 2.24) is 0 Å². The number of ketones is 2. The van der Waals surface area contributed by atoms with Crippen LogP contribution >= 0.6 is 0 Å². The van der Waals surface area contributed by atoms with Crippen LogP contribution in [-0.2, 0) is 19.1 Å². The van der Waals surface area contributed by atoms with Gasteiger partial charge in [0.05, 0.1) is 6.61 Å². The zero-order valence-electron chi connectivity index (χ0n) is 11.3. The summed E-state index contributed by atoms with van der Waals surface area (Å²) in [6.07, 6.45) is 9.61. The SMILES string of the molecule is CCOC(=O)C(=O)CCC/C=C\CC1=CCCC1=O. The maximum atomic E-state index is 11.3. The van der Waals surface area contributed by atoms with Gasteiger partial charge in [-0.3, -0.25) is 9.59 Å². The van der Waals surface area contributed by atoms with E-state index in [1.165, 1.54) is 0 Å². The van der Waals surface area contributed by atoms with Crippen LogP contribution in [0.4, 0.5) is 0 Å². The Balaban J connectivity index is 2.12. The monoisotopic (exact) mass is 264 g/mol. The van der Waals surface area contributed by atoms with Crippen LogP contribution in [0.25, 0.3) is 0 Å². The maximum Gasteiger partial charge on any atom is 0.374 e. The van der Waals surface area contributed by atoms with Crippen molar-refractivity contribution >= 4 is 17.5 Å². The lowest BCUT2D eigenvalue weighted by atomic mass is 10.1. The molecule has 0 saturated carbocycles. The first kappa shape index (κ1) is 15.3. The van der Waals surface area contributed by atoms with Crippen LogP contribution in [0.1, 0.15) is 45.4 Å². The highest BCUT2D eigenvalue weighted by atomic mass is 16.5. The first-order valence-electron chi connectivity index (χ1n) is 6.72. The average molecular weight is 264 g/mol. The second-order valence-corrected chi connectivity index (χ2v) is 4.40. The van der Waals surface area contributed by atoms with Crippen LogP contribution in [0, 0.1) is 0 Å². The van der Waals surface area contributed by atoms with Crippen molar-refractivity contribution in [2.24, 2.45) is 0 Å². The number of esters is 1. The largest absolute Gasteiger partial charge is 0.460 e. The van der Waals surface area contributed by atoms with Crippen LogP contribution in [-0.4, -0.2) is 24.1 Å². The Hall–Kier alpha value is -1.71. The lowest BCUT2D eigenvalue weighted by Crippen LogP contribution is -2.16. The molecule has 0 spiro atoms. The van der Waals surface area contributed by atoms with E-state index in [4.69, 9.17) is 0 Å². The summed E-state index contributed by atoms with van der Waals surface area (Å²) in [4.78, 5) is 33.6. The Morgan fingerprint density at radius 3 is 2.79 bits per heavy atom. The second-order valence-electron chi connectivity index (χ2n) is 4.40. The molecule has 4 nitrogen and oxygen atoms in total. The van der Waals surface area contributed by atoms with Crippen LogP contribution in [0.2, 0.25) is 0 Å². The van der Waals surface area contributed by atoms with E-state index in [0.29, 0.717) is 19.3 Å². The third-order valence-electron chi connectivity index (χ3n) is 2.90. The Morgan fingerprint density at radius 2 is 2.16 bits per heavy atom. The lowest BCUT2D eigenvalue weighted by Gasteiger charge is -1.99. The molecule has 0 aromatic heterocycles. The van der Waals surface area contributed by atoms with E-state index in [1.54, 1.807) is 6.92 Å². The van der Waals surface area contributed by atoms with Gasteiger partial charge in [0.25, 0.3) is 0 Å². The minimum Gasteiger partial charge on any atom is -0.460 e. The fourth-order valence-corrected chi connectivity index (χ4v) is 1.87. The van der Waals surface area contributed by atoms with Gasteiger partial charge >= 0.3 is 5.97 Å². The number of Topliss-reactive ketones (excluding diaryl/α,β-unsaturated/α-hetero) is 2. The number of rotatable bonds is 8. The van der Waals surface area contributed by atoms with Gasteiger partial charge in [0.1, 0.15) is 0 Å². The van der Waals surface area contributed by atoms with Crippen LogP contribution in [0.15, 0.2) is 23.8 Å². The zero-order chi connectivity index (χ0) is 14.1. The molecule has 0 fully saturated rings. The smallest absolute Gasteiger partial charge is 0.374 e. The topological polar surface area (TPSA) is 60.4 Å². The van der Waals surface area contributed by atoms with Gasteiger partial charge in [0, 0.05) is 12.8 Å². The van der Waals surface area contributed by atoms with Crippen molar-refractivity contribution in [2.75, 3.05) is 6.61 Å². The summed E-state index contributed by atoms with van der Waals surface area (Å²) < 4.78 is 4.61. The van der Waals surface area contributed by atoms with Crippen molar-refractivity contribution in [1.29, 1.82) is 0 Å².